The Bertz CT molecular complexity index is 610. The molecule has 0 unspecified atom stereocenters. The zero-order chi connectivity index (χ0) is 12.8. The van der Waals surface area contributed by atoms with Crippen LogP contribution in [-0.2, 0) is 4.79 Å². The van der Waals surface area contributed by atoms with Crippen LogP contribution in [0.2, 0.25) is 0 Å². The topological polar surface area (TPSA) is 52.1 Å². The summed E-state index contributed by atoms with van der Waals surface area (Å²) < 4.78 is 5.04. The van der Waals surface area contributed by atoms with Gasteiger partial charge in [-0.1, -0.05) is 5.92 Å². The Kier molecular flexibility index (Phi) is 3.67. The van der Waals surface area contributed by atoms with Crippen LogP contribution in [0.4, 0.5) is 0 Å². The second-order valence-corrected chi connectivity index (χ2v) is 3.39. The zero-order valence-corrected chi connectivity index (χ0v) is 9.75. The van der Waals surface area contributed by atoms with Gasteiger partial charge in [0.1, 0.15) is 0 Å². The third-order valence-corrected chi connectivity index (χ3v) is 2.26. The molecule has 0 N–H and O–H groups in total. The molecule has 4 nitrogen and oxygen atoms in total. The Morgan fingerprint density at radius 3 is 2.67 bits per heavy atom. The molecule has 2 rings (SSSR count). The van der Waals surface area contributed by atoms with Crippen molar-refractivity contribution in [2.24, 2.45) is 0 Å². The van der Waals surface area contributed by atoms with Gasteiger partial charge in [-0.15, -0.1) is 0 Å². The first-order valence-corrected chi connectivity index (χ1v) is 5.26. The average molecular weight is 238 g/mol. The Balaban J connectivity index is 2.30. The first-order chi connectivity index (χ1) is 8.83. The second kappa shape index (κ2) is 5.60. The molecule has 0 radical (unpaired) electrons. The number of hydrogen-bond donors (Lipinski definition) is 0. The summed E-state index contributed by atoms with van der Waals surface area (Å²) in [6.45, 7) is 0. The van der Waals surface area contributed by atoms with Crippen molar-refractivity contribution in [3.05, 3.63) is 42.1 Å². The van der Waals surface area contributed by atoms with E-state index in [0.717, 1.165) is 11.1 Å². The van der Waals surface area contributed by atoms with Gasteiger partial charge in [-0.05, 0) is 30.2 Å². The molecule has 0 amide bonds. The maximum absolute atomic E-state index is 10.1. The van der Waals surface area contributed by atoms with Crippen LogP contribution in [0.15, 0.2) is 36.5 Å². The summed E-state index contributed by atoms with van der Waals surface area (Å²) in [7, 11) is 1.56. The molecule has 2 aromatic rings. The standard InChI is InChI=1S/C14H10N2O2/c1-18-13-8-9-15-14(16-13)12-6-4-11(5-7-12)3-2-10-17/h4-10H,1H3. The van der Waals surface area contributed by atoms with Crippen molar-refractivity contribution in [2.75, 3.05) is 7.11 Å². The van der Waals surface area contributed by atoms with Gasteiger partial charge in [0.05, 0.1) is 7.11 Å². The monoisotopic (exact) mass is 238 g/mol. The van der Waals surface area contributed by atoms with Crippen molar-refractivity contribution >= 4 is 6.29 Å². The van der Waals surface area contributed by atoms with Crippen LogP contribution in [0.25, 0.3) is 11.4 Å². The Morgan fingerprint density at radius 2 is 2.00 bits per heavy atom. The van der Waals surface area contributed by atoms with E-state index >= 15 is 0 Å². The largest absolute Gasteiger partial charge is 0.481 e. The lowest BCUT2D eigenvalue weighted by molar-refractivity contribution is -0.103. The Labute approximate surface area is 105 Å². The highest BCUT2D eigenvalue weighted by molar-refractivity contribution is 5.74. The van der Waals surface area contributed by atoms with Gasteiger partial charge in [0.15, 0.2) is 12.1 Å². The van der Waals surface area contributed by atoms with E-state index < -0.39 is 0 Å². The minimum absolute atomic E-state index is 0.518. The maximum Gasteiger partial charge on any atom is 0.216 e. The number of methoxy groups -OCH3 is 1. The predicted octanol–water partition coefficient (Wildman–Crippen LogP) is 1.70. The SMILES string of the molecule is COc1ccnc(-c2ccc(C#CC=O)cc2)n1. The summed E-state index contributed by atoms with van der Waals surface area (Å²) in [5.41, 5.74) is 1.64. The summed E-state index contributed by atoms with van der Waals surface area (Å²) >= 11 is 0. The molecule has 1 aromatic carbocycles. The van der Waals surface area contributed by atoms with Gasteiger partial charge in [0, 0.05) is 23.4 Å². The molecule has 1 heterocycles. The second-order valence-electron chi connectivity index (χ2n) is 3.39. The smallest absolute Gasteiger partial charge is 0.216 e. The number of hydrogen-bond acceptors (Lipinski definition) is 4. The molecule has 0 aliphatic heterocycles. The van der Waals surface area contributed by atoms with Gasteiger partial charge in [-0.2, -0.15) is 4.98 Å². The molecule has 0 spiro atoms. The first-order valence-electron chi connectivity index (χ1n) is 5.26. The van der Waals surface area contributed by atoms with E-state index in [1.54, 1.807) is 19.4 Å². The average Bonchev–Trinajstić information content (AvgIpc) is 2.46. The molecule has 0 aliphatic rings. The van der Waals surface area contributed by atoms with Gasteiger partial charge in [0.25, 0.3) is 0 Å². The lowest BCUT2D eigenvalue weighted by Gasteiger charge is -2.02. The molecule has 0 aliphatic carbocycles. The van der Waals surface area contributed by atoms with Crippen molar-refractivity contribution in [2.45, 2.75) is 0 Å². The molecular weight excluding hydrogens is 228 g/mol. The fourth-order valence-corrected chi connectivity index (χ4v) is 1.41. The number of rotatable bonds is 2. The molecule has 0 bridgehead atoms. The van der Waals surface area contributed by atoms with Crippen LogP contribution in [0.1, 0.15) is 5.56 Å². The van der Waals surface area contributed by atoms with Crippen LogP contribution in [0.3, 0.4) is 0 Å². The van der Waals surface area contributed by atoms with Gasteiger partial charge in [0.2, 0.25) is 5.88 Å². The Morgan fingerprint density at radius 1 is 1.22 bits per heavy atom. The summed E-state index contributed by atoms with van der Waals surface area (Å²) in [4.78, 5) is 18.5. The molecule has 88 valence electrons. The molecule has 0 fully saturated rings. The summed E-state index contributed by atoms with van der Waals surface area (Å²) in [6, 6.07) is 9.02. The molecular formula is C14H10N2O2. The molecule has 0 saturated carbocycles. The number of aromatic nitrogens is 2. The van der Waals surface area contributed by atoms with E-state index in [1.807, 2.05) is 24.3 Å². The first kappa shape index (κ1) is 11.8. The van der Waals surface area contributed by atoms with E-state index in [-0.39, 0.29) is 0 Å². The van der Waals surface area contributed by atoms with E-state index in [0.29, 0.717) is 18.0 Å². The van der Waals surface area contributed by atoms with Crippen molar-refractivity contribution in [1.29, 1.82) is 0 Å². The summed E-state index contributed by atoms with van der Waals surface area (Å²) in [5.74, 6) is 6.18. The van der Waals surface area contributed by atoms with Gasteiger partial charge in [-0.3, -0.25) is 4.79 Å². The number of carbonyl (C=O) groups is 1. The van der Waals surface area contributed by atoms with Crippen molar-refractivity contribution < 1.29 is 9.53 Å². The van der Waals surface area contributed by atoms with Gasteiger partial charge in [-0.25, -0.2) is 4.98 Å². The van der Waals surface area contributed by atoms with Crippen molar-refractivity contribution in [3.8, 4) is 29.1 Å². The van der Waals surface area contributed by atoms with E-state index in [9.17, 15) is 4.79 Å². The lowest BCUT2D eigenvalue weighted by Crippen LogP contribution is -1.92. The number of aldehydes is 1. The van der Waals surface area contributed by atoms with Gasteiger partial charge >= 0.3 is 0 Å². The minimum Gasteiger partial charge on any atom is -0.481 e. The number of carbonyl (C=O) groups excluding carboxylic acids is 1. The molecule has 0 saturated heterocycles. The number of benzene rings is 1. The molecule has 1 aromatic heterocycles. The highest BCUT2D eigenvalue weighted by Crippen LogP contribution is 2.17. The molecule has 0 atom stereocenters. The number of nitrogens with zero attached hydrogens (tertiary/aromatic N) is 2. The quantitative estimate of drug-likeness (QED) is 0.590. The lowest BCUT2D eigenvalue weighted by atomic mass is 10.1. The third kappa shape index (κ3) is 2.71. The van der Waals surface area contributed by atoms with Crippen LogP contribution in [0, 0.1) is 11.8 Å². The van der Waals surface area contributed by atoms with Crippen molar-refractivity contribution in [3.63, 3.8) is 0 Å². The summed E-state index contributed by atoms with van der Waals surface area (Å²) in [5, 5.41) is 0. The third-order valence-electron chi connectivity index (χ3n) is 2.26. The predicted molar refractivity (Wildman–Crippen MR) is 67.0 cm³/mol. The summed E-state index contributed by atoms with van der Waals surface area (Å²) in [6.07, 6.45) is 2.21. The zero-order valence-electron chi connectivity index (χ0n) is 9.75. The van der Waals surface area contributed by atoms with E-state index in [2.05, 4.69) is 21.8 Å². The number of ether oxygens (including phenoxy) is 1. The van der Waals surface area contributed by atoms with Crippen LogP contribution >= 0.6 is 0 Å². The fourth-order valence-electron chi connectivity index (χ4n) is 1.41. The highest BCUT2D eigenvalue weighted by Gasteiger charge is 2.02. The van der Waals surface area contributed by atoms with Crippen LogP contribution < -0.4 is 4.74 Å². The molecule has 4 heteroatoms. The van der Waals surface area contributed by atoms with E-state index in [1.165, 1.54) is 0 Å². The van der Waals surface area contributed by atoms with E-state index in [4.69, 9.17) is 4.74 Å². The fraction of sp³-hybridized carbons (Fsp3) is 0.0714. The van der Waals surface area contributed by atoms with Gasteiger partial charge < -0.3 is 4.74 Å². The van der Waals surface area contributed by atoms with Crippen LogP contribution in [-0.4, -0.2) is 23.4 Å². The Hall–Kier alpha value is -2.67. The highest BCUT2D eigenvalue weighted by atomic mass is 16.5. The minimum atomic E-state index is 0.518. The van der Waals surface area contributed by atoms with Crippen molar-refractivity contribution in [1.82, 2.24) is 9.97 Å². The van der Waals surface area contributed by atoms with Crippen LogP contribution in [0.5, 0.6) is 5.88 Å². The normalized spacial score (nSPS) is 9.17. The maximum atomic E-state index is 10.1. The molecule has 18 heavy (non-hydrogen) atoms.